The van der Waals surface area contributed by atoms with E-state index in [-0.39, 0.29) is 11.2 Å². The first-order valence-corrected chi connectivity index (χ1v) is 9.75. The molecule has 25 heavy (non-hydrogen) atoms. The largest absolute Gasteiger partial charge is 0.338 e. The Labute approximate surface area is 160 Å². The molecule has 0 radical (unpaired) electrons. The third kappa shape index (κ3) is 5.03. The van der Waals surface area contributed by atoms with Gasteiger partial charge in [-0.15, -0.1) is 10.2 Å². The van der Waals surface area contributed by atoms with Crippen LogP contribution in [0.1, 0.15) is 12.6 Å². The minimum atomic E-state index is -0.350. The molecule has 0 aliphatic rings. The summed E-state index contributed by atoms with van der Waals surface area (Å²) in [6.07, 6.45) is 0. The minimum absolute atomic E-state index is 0.183. The Balaban J connectivity index is 1.57. The monoisotopic (exact) mass is 439 g/mol. The fourth-order valence-electron chi connectivity index (χ4n) is 1.85. The van der Waals surface area contributed by atoms with E-state index in [1.54, 1.807) is 19.9 Å². The van der Waals surface area contributed by atoms with Crippen molar-refractivity contribution in [3.8, 4) is 0 Å². The van der Waals surface area contributed by atoms with Gasteiger partial charge in [-0.2, -0.15) is 0 Å². The molecule has 10 heteroatoms. The lowest BCUT2D eigenvalue weighted by atomic mass is 10.3. The van der Waals surface area contributed by atoms with Gasteiger partial charge in [0.25, 0.3) is 0 Å². The molecular formula is C15H14BrN5O2S2. The van der Waals surface area contributed by atoms with Crippen LogP contribution in [-0.4, -0.2) is 26.5 Å². The second-order valence-corrected chi connectivity index (χ2v) is 8.57. The molecule has 0 spiro atoms. The van der Waals surface area contributed by atoms with Crippen molar-refractivity contribution in [3.05, 3.63) is 40.5 Å². The van der Waals surface area contributed by atoms with Crippen LogP contribution < -0.4 is 10.6 Å². The van der Waals surface area contributed by atoms with Gasteiger partial charge >= 0.3 is 0 Å². The van der Waals surface area contributed by atoms with E-state index in [9.17, 15) is 4.79 Å². The maximum atomic E-state index is 12.2. The smallest absolute Gasteiger partial charge is 0.240 e. The zero-order valence-electron chi connectivity index (χ0n) is 13.3. The molecule has 1 amide bonds. The SMILES string of the molecule is Cc1cc(NC(=O)C(C)Sc2nnc(Nc3cccc(Br)c3)s2)on1. The lowest BCUT2D eigenvalue weighted by molar-refractivity contribution is -0.115. The van der Waals surface area contributed by atoms with Crippen molar-refractivity contribution in [1.82, 2.24) is 15.4 Å². The van der Waals surface area contributed by atoms with E-state index in [1.165, 1.54) is 23.1 Å². The maximum absolute atomic E-state index is 12.2. The van der Waals surface area contributed by atoms with Crippen molar-refractivity contribution in [3.63, 3.8) is 0 Å². The molecule has 1 atom stereocenters. The molecule has 2 aromatic heterocycles. The van der Waals surface area contributed by atoms with Gasteiger partial charge in [-0.05, 0) is 32.0 Å². The number of amides is 1. The van der Waals surface area contributed by atoms with Crippen LogP contribution in [0.15, 0.2) is 43.7 Å². The van der Waals surface area contributed by atoms with E-state index in [2.05, 4.69) is 41.9 Å². The van der Waals surface area contributed by atoms with Crippen molar-refractivity contribution in [2.45, 2.75) is 23.4 Å². The lowest BCUT2D eigenvalue weighted by Crippen LogP contribution is -2.22. The van der Waals surface area contributed by atoms with E-state index in [0.29, 0.717) is 21.0 Å². The number of halogens is 1. The van der Waals surface area contributed by atoms with Gasteiger partial charge in [0.1, 0.15) is 0 Å². The number of aryl methyl sites for hydroxylation is 1. The van der Waals surface area contributed by atoms with Gasteiger partial charge in [0.2, 0.25) is 16.9 Å². The minimum Gasteiger partial charge on any atom is -0.338 e. The lowest BCUT2D eigenvalue weighted by Gasteiger charge is -2.07. The van der Waals surface area contributed by atoms with Crippen molar-refractivity contribution in [2.75, 3.05) is 10.6 Å². The highest BCUT2D eigenvalue weighted by molar-refractivity contribution is 9.10. The van der Waals surface area contributed by atoms with Crippen molar-refractivity contribution < 1.29 is 9.32 Å². The summed E-state index contributed by atoms with van der Waals surface area (Å²) in [5.41, 5.74) is 1.62. The standard InChI is InChI=1S/C15H14BrN5O2S2/c1-8-6-12(23-21-8)18-13(22)9(2)24-15-20-19-14(25-15)17-11-5-3-4-10(16)7-11/h3-7,9H,1-2H3,(H,17,19)(H,18,22). The average molecular weight is 440 g/mol. The first-order valence-electron chi connectivity index (χ1n) is 7.26. The molecule has 3 rings (SSSR count). The summed E-state index contributed by atoms with van der Waals surface area (Å²) in [6.45, 7) is 3.59. The van der Waals surface area contributed by atoms with Crippen LogP contribution in [0.4, 0.5) is 16.7 Å². The predicted molar refractivity (Wildman–Crippen MR) is 103 cm³/mol. The average Bonchev–Trinajstić information content (AvgIpc) is 3.16. The third-order valence-corrected chi connectivity index (χ3v) is 5.52. The number of carbonyl (C=O) groups is 1. The Morgan fingerprint density at radius 1 is 1.36 bits per heavy atom. The van der Waals surface area contributed by atoms with Crippen molar-refractivity contribution >= 4 is 61.6 Å². The Morgan fingerprint density at radius 3 is 2.92 bits per heavy atom. The van der Waals surface area contributed by atoms with Gasteiger partial charge in [0, 0.05) is 16.2 Å². The van der Waals surface area contributed by atoms with Gasteiger partial charge in [-0.25, -0.2) is 0 Å². The molecular weight excluding hydrogens is 426 g/mol. The van der Waals surface area contributed by atoms with E-state index in [0.717, 1.165) is 10.2 Å². The summed E-state index contributed by atoms with van der Waals surface area (Å²) >= 11 is 6.15. The van der Waals surface area contributed by atoms with Crippen LogP contribution in [0.5, 0.6) is 0 Å². The molecule has 0 saturated carbocycles. The second-order valence-electron chi connectivity index (χ2n) is 5.09. The van der Waals surface area contributed by atoms with Crippen LogP contribution in [0.2, 0.25) is 0 Å². The quantitative estimate of drug-likeness (QED) is 0.547. The number of hydrogen-bond donors (Lipinski definition) is 2. The fraction of sp³-hybridized carbons (Fsp3) is 0.200. The Kier molecular flexibility index (Phi) is 5.71. The zero-order valence-corrected chi connectivity index (χ0v) is 16.5. The summed E-state index contributed by atoms with van der Waals surface area (Å²) in [5, 5.41) is 18.1. The molecule has 3 aromatic rings. The fourth-order valence-corrected chi connectivity index (χ4v) is 4.16. The highest BCUT2D eigenvalue weighted by atomic mass is 79.9. The van der Waals surface area contributed by atoms with Crippen LogP contribution in [0.3, 0.4) is 0 Å². The van der Waals surface area contributed by atoms with Crippen molar-refractivity contribution in [2.24, 2.45) is 0 Å². The summed E-state index contributed by atoms with van der Waals surface area (Å²) in [7, 11) is 0. The molecule has 2 N–H and O–H groups in total. The molecule has 1 aromatic carbocycles. The number of carbonyl (C=O) groups excluding carboxylic acids is 1. The number of hydrogen-bond acceptors (Lipinski definition) is 8. The number of rotatable bonds is 6. The molecule has 2 heterocycles. The van der Waals surface area contributed by atoms with E-state index in [1.807, 2.05) is 24.3 Å². The molecule has 0 aliphatic carbocycles. The molecule has 0 fully saturated rings. The van der Waals surface area contributed by atoms with Gasteiger partial charge in [-0.3, -0.25) is 10.1 Å². The molecule has 130 valence electrons. The van der Waals surface area contributed by atoms with Crippen molar-refractivity contribution in [1.29, 1.82) is 0 Å². The summed E-state index contributed by atoms with van der Waals surface area (Å²) in [5.74, 6) is 0.155. The molecule has 7 nitrogen and oxygen atoms in total. The molecule has 1 unspecified atom stereocenters. The summed E-state index contributed by atoms with van der Waals surface area (Å²) < 4.78 is 6.66. The number of benzene rings is 1. The number of thioether (sulfide) groups is 1. The normalized spacial score (nSPS) is 12.0. The topological polar surface area (TPSA) is 92.9 Å². The molecule has 0 aliphatic heterocycles. The maximum Gasteiger partial charge on any atom is 0.240 e. The summed E-state index contributed by atoms with van der Waals surface area (Å²) in [4.78, 5) is 12.2. The Hall–Kier alpha value is -1.91. The van der Waals surface area contributed by atoms with E-state index < -0.39 is 0 Å². The summed E-state index contributed by atoms with van der Waals surface area (Å²) in [6, 6.07) is 9.43. The Bertz CT molecular complexity index is 882. The van der Waals surface area contributed by atoms with Gasteiger partial charge in [0.15, 0.2) is 4.34 Å². The molecule has 0 saturated heterocycles. The second kappa shape index (κ2) is 7.98. The Morgan fingerprint density at radius 2 is 2.20 bits per heavy atom. The van der Waals surface area contributed by atoms with Crippen LogP contribution in [-0.2, 0) is 4.79 Å². The van der Waals surface area contributed by atoms with Gasteiger partial charge < -0.3 is 9.84 Å². The predicted octanol–water partition coefficient (Wildman–Crippen LogP) is 4.46. The van der Waals surface area contributed by atoms with Crippen LogP contribution in [0, 0.1) is 6.92 Å². The number of nitrogens with zero attached hydrogens (tertiary/aromatic N) is 3. The van der Waals surface area contributed by atoms with E-state index in [4.69, 9.17) is 4.52 Å². The molecule has 0 bridgehead atoms. The van der Waals surface area contributed by atoms with Gasteiger partial charge in [-0.1, -0.05) is 50.3 Å². The first-order chi connectivity index (χ1) is 12.0. The van der Waals surface area contributed by atoms with Crippen LogP contribution in [0.25, 0.3) is 0 Å². The number of nitrogens with one attached hydrogen (secondary N) is 2. The van der Waals surface area contributed by atoms with E-state index >= 15 is 0 Å². The highest BCUT2D eigenvalue weighted by Crippen LogP contribution is 2.31. The number of anilines is 3. The third-order valence-electron chi connectivity index (χ3n) is 3.00. The first kappa shape index (κ1) is 17.9. The highest BCUT2D eigenvalue weighted by Gasteiger charge is 2.18. The van der Waals surface area contributed by atoms with Gasteiger partial charge in [0.05, 0.1) is 10.9 Å². The number of aromatic nitrogens is 3. The zero-order chi connectivity index (χ0) is 17.8. The van der Waals surface area contributed by atoms with Crippen LogP contribution >= 0.6 is 39.0 Å².